The maximum absolute atomic E-state index is 9.80. The molecule has 0 aromatic rings. The number of nitrogens with zero attached hydrogens (tertiary/aromatic N) is 1. The number of ether oxygens (including phenoxy) is 1. The first kappa shape index (κ1) is 15.2. The summed E-state index contributed by atoms with van der Waals surface area (Å²) in [6.45, 7) is 5.19. The average molecular weight is 270 g/mol. The summed E-state index contributed by atoms with van der Waals surface area (Å²) in [5.74, 6) is 0. The first-order valence-corrected chi connectivity index (χ1v) is 7.85. The van der Waals surface area contributed by atoms with E-state index in [2.05, 4.69) is 17.1 Å². The van der Waals surface area contributed by atoms with Crippen molar-refractivity contribution in [1.29, 1.82) is 0 Å². The van der Waals surface area contributed by atoms with Gasteiger partial charge in [-0.2, -0.15) is 0 Å². The molecule has 4 nitrogen and oxygen atoms in total. The van der Waals surface area contributed by atoms with Gasteiger partial charge in [-0.05, 0) is 45.1 Å². The second kappa shape index (κ2) is 7.02. The fraction of sp³-hybridized carbons (Fsp3) is 1.00. The summed E-state index contributed by atoms with van der Waals surface area (Å²) in [6.07, 6.45) is 7.36. The van der Waals surface area contributed by atoms with Crippen molar-refractivity contribution in [3.05, 3.63) is 0 Å². The summed E-state index contributed by atoms with van der Waals surface area (Å²) in [7, 11) is 1.78. The van der Waals surface area contributed by atoms with Gasteiger partial charge in [0, 0.05) is 31.3 Å². The van der Waals surface area contributed by atoms with Crippen LogP contribution in [0.25, 0.3) is 0 Å². The summed E-state index contributed by atoms with van der Waals surface area (Å²) >= 11 is 0. The smallest absolute Gasteiger partial charge is 0.0613 e. The molecule has 0 spiro atoms. The molecule has 0 amide bonds. The molecule has 2 N–H and O–H groups in total. The molecule has 0 radical (unpaired) electrons. The highest BCUT2D eigenvalue weighted by Gasteiger charge is 2.41. The monoisotopic (exact) mass is 270 g/mol. The van der Waals surface area contributed by atoms with Crippen LogP contribution < -0.4 is 5.32 Å². The Kier molecular flexibility index (Phi) is 5.63. The number of hydrogen-bond donors (Lipinski definition) is 2. The van der Waals surface area contributed by atoms with E-state index >= 15 is 0 Å². The molecule has 4 heteroatoms. The Bertz CT molecular complexity index is 267. The highest BCUT2D eigenvalue weighted by Crippen LogP contribution is 2.36. The second-order valence-corrected chi connectivity index (χ2v) is 6.18. The first-order chi connectivity index (χ1) is 9.24. The highest BCUT2D eigenvalue weighted by atomic mass is 16.5. The van der Waals surface area contributed by atoms with E-state index < -0.39 is 0 Å². The highest BCUT2D eigenvalue weighted by molar-refractivity contribution is 4.99. The molecule has 0 saturated heterocycles. The lowest BCUT2D eigenvalue weighted by atomic mass is 9.78. The molecular formula is C15H30N2O2. The summed E-state index contributed by atoms with van der Waals surface area (Å²) in [4.78, 5) is 2.64. The predicted octanol–water partition coefficient (Wildman–Crippen LogP) is 1.38. The van der Waals surface area contributed by atoms with Crippen molar-refractivity contribution in [2.75, 3.05) is 33.4 Å². The minimum Gasteiger partial charge on any atom is -0.394 e. The molecule has 0 bridgehead atoms. The van der Waals surface area contributed by atoms with E-state index in [-0.39, 0.29) is 12.1 Å². The normalized spacial score (nSPS) is 31.9. The van der Waals surface area contributed by atoms with Gasteiger partial charge in [0.25, 0.3) is 0 Å². The number of nitrogens with one attached hydrogen (secondary N) is 1. The number of rotatable bonds is 8. The Labute approximate surface area is 117 Å². The molecule has 2 fully saturated rings. The van der Waals surface area contributed by atoms with Crippen LogP contribution >= 0.6 is 0 Å². The van der Waals surface area contributed by atoms with Gasteiger partial charge in [-0.1, -0.05) is 6.92 Å². The second-order valence-electron chi connectivity index (χ2n) is 6.18. The Balaban J connectivity index is 1.97. The molecule has 2 saturated carbocycles. The quantitative estimate of drug-likeness (QED) is 0.699. The minimum atomic E-state index is -0.0438. The summed E-state index contributed by atoms with van der Waals surface area (Å²) < 4.78 is 5.26. The van der Waals surface area contributed by atoms with E-state index in [1.165, 1.54) is 25.7 Å². The molecule has 2 atom stereocenters. The van der Waals surface area contributed by atoms with Gasteiger partial charge in [0.1, 0.15) is 0 Å². The lowest BCUT2D eigenvalue weighted by Gasteiger charge is -2.44. The van der Waals surface area contributed by atoms with Crippen molar-refractivity contribution in [2.24, 2.45) is 0 Å². The topological polar surface area (TPSA) is 44.7 Å². The molecule has 2 unspecified atom stereocenters. The number of likely N-dealkylation sites (N-methyl/N-ethyl adjacent to an activating group) is 1. The van der Waals surface area contributed by atoms with Gasteiger partial charge < -0.3 is 15.2 Å². The van der Waals surface area contributed by atoms with E-state index in [0.717, 1.165) is 38.6 Å². The molecule has 0 aromatic carbocycles. The van der Waals surface area contributed by atoms with E-state index in [1.54, 1.807) is 7.11 Å². The van der Waals surface area contributed by atoms with Crippen LogP contribution in [-0.4, -0.2) is 61.0 Å². The van der Waals surface area contributed by atoms with Crippen molar-refractivity contribution in [3.63, 3.8) is 0 Å². The summed E-state index contributed by atoms with van der Waals surface area (Å²) in [5, 5.41) is 13.3. The van der Waals surface area contributed by atoms with Crippen LogP contribution in [0.2, 0.25) is 0 Å². The van der Waals surface area contributed by atoms with Gasteiger partial charge in [0.2, 0.25) is 0 Å². The van der Waals surface area contributed by atoms with Crippen molar-refractivity contribution >= 4 is 0 Å². The SMILES string of the molecule is CCNC1(CO)CCCC(N(CCOC)C2CC2)C1. The van der Waals surface area contributed by atoms with E-state index in [1.807, 2.05) is 0 Å². The molecule has 0 heterocycles. The Morgan fingerprint density at radius 1 is 1.32 bits per heavy atom. The van der Waals surface area contributed by atoms with Crippen LogP contribution in [0.1, 0.15) is 45.4 Å². The van der Waals surface area contributed by atoms with Crippen LogP contribution in [-0.2, 0) is 4.74 Å². The van der Waals surface area contributed by atoms with Gasteiger partial charge >= 0.3 is 0 Å². The fourth-order valence-electron chi connectivity index (χ4n) is 3.62. The molecular weight excluding hydrogens is 240 g/mol. The molecule has 2 rings (SSSR count). The maximum atomic E-state index is 9.80. The third-order valence-electron chi connectivity index (χ3n) is 4.71. The number of aliphatic hydroxyl groups excluding tert-OH is 1. The molecule has 0 aliphatic heterocycles. The number of methoxy groups -OCH3 is 1. The van der Waals surface area contributed by atoms with Crippen molar-refractivity contribution in [1.82, 2.24) is 10.2 Å². The minimum absolute atomic E-state index is 0.0438. The van der Waals surface area contributed by atoms with Crippen LogP contribution in [0.5, 0.6) is 0 Å². The first-order valence-electron chi connectivity index (χ1n) is 7.85. The average Bonchev–Trinajstić information content (AvgIpc) is 3.25. The van der Waals surface area contributed by atoms with E-state index in [9.17, 15) is 5.11 Å². The Morgan fingerprint density at radius 2 is 2.11 bits per heavy atom. The van der Waals surface area contributed by atoms with E-state index in [4.69, 9.17) is 4.74 Å². The zero-order chi connectivity index (χ0) is 13.7. The van der Waals surface area contributed by atoms with Gasteiger partial charge in [-0.3, -0.25) is 4.90 Å². The summed E-state index contributed by atoms with van der Waals surface area (Å²) in [6, 6.07) is 1.39. The Morgan fingerprint density at radius 3 is 2.68 bits per heavy atom. The van der Waals surface area contributed by atoms with Crippen LogP contribution in [0.3, 0.4) is 0 Å². The third-order valence-corrected chi connectivity index (χ3v) is 4.71. The van der Waals surface area contributed by atoms with Crippen molar-refractivity contribution in [2.45, 2.75) is 63.1 Å². The number of aliphatic hydroxyl groups is 1. The molecule has 2 aliphatic carbocycles. The van der Waals surface area contributed by atoms with Crippen molar-refractivity contribution in [3.8, 4) is 0 Å². The lowest BCUT2D eigenvalue weighted by Crippen LogP contribution is -2.56. The molecule has 2 aliphatic rings. The fourth-order valence-corrected chi connectivity index (χ4v) is 3.62. The largest absolute Gasteiger partial charge is 0.394 e. The molecule has 0 aromatic heterocycles. The standard InChI is InChI=1S/C15H30N2O2/c1-3-16-15(12-18)8-4-5-14(11-15)17(9-10-19-2)13-6-7-13/h13-14,16,18H,3-12H2,1-2H3. The Hall–Kier alpha value is -0.160. The zero-order valence-electron chi connectivity index (χ0n) is 12.5. The zero-order valence-corrected chi connectivity index (χ0v) is 12.5. The van der Waals surface area contributed by atoms with Crippen LogP contribution in [0.15, 0.2) is 0 Å². The maximum Gasteiger partial charge on any atom is 0.0613 e. The number of hydrogen-bond acceptors (Lipinski definition) is 4. The van der Waals surface area contributed by atoms with Crippen molar-refractivity contribution < 1.29 is 9.84 Å². The van der Waals surface area contributed by atoms with Crippen LogP contribution in [0, 0.1) is 0 Å². The van der Waals surface area contributed by atoms with E-state index in [0.29, 0.717) is 6.04 Å². The van der Waals surface area contributed by atoms with Gasteiger partial charge in [-0.15, -0.1) is 0 Å². The molecule has 19 heavy (non-hydrogen) atoms. The molecule has 112 valence electrons. The lowest BCUT2D eigenvalue weighted by molar-refractivity contribution is 0.0426. The van der Waals surface area contributed by atoms with Gasteiger partial charge in [0.15, 0.2) is 0 Å². The van der Waals surface area contributed by atoms with Crippen LogP contribution in [0.4, 0.5) is 0 Å². The summed E-state index contributed by atoms with van der Waals surface area (Å²) in [5.41, 5.74) is -0.0438. The van der Waals surface area contributed by atoms with Gasteiger partial charge in [-0.25, -0.2) is 0 Å². The third kappa shape index (κ3) is 3.91. The predicted molar refractivity (Wildman–Crippen MR) is 77.4 cm³/mol. The van der Waals surface area contributed by atoms with Gasteiger partial charge in [0.05, 0.1) is 13.2 Å².